The summed E-state index contributed by atoms with van der Waals surface area (Å²) in [6.45, 7) is 1.00. The average Bonchev–Trinajstić information content (AvgIpc) is 3.36. The number of nitro benzene ring substituents is 1. The van der Waals surface area contributed by atoms with Gasteiger partial charge in [-0.05, 0) is 25.8 Å². The van der Waals surface area contributed by atoms with Crippen molar-refractivity contribution >= 4 is 23.5 Å². The van der Waals surface area contributed by atoms with E-state index in [2.05, 4.69) is 10.6 Å². The van der Waals surface area contributed by atoms with Crippen molar-refractivity contribution in [1.29, 1.82) is 0 Å². The Morgan fingerprint density at radius 3 is 2.71 bits per heavy atom. The summed E-state index contributed by atoms with van der Waals surface area (Å²) in [5, 5.41) is 15.7. The summed E-state index contributed by atoms with van der Waals surface area (Å²) in [4.78, 5) is 45.2. The van der Waals surface area contributed by atoms with Gasteiger partial charge >= 0.3 is 5.97 Å². The Bertz CT molecular complexity index is 671. The zero-order chi connectivity index (χ0) is 17.7. The number of hydrogen-bond acceptors (Lipinski definition) is 6. The lowest BCUT2D eigenvalue weighted by molar-refractivity contribution is -0.384. The molecule has 0 aliphatic heterocycles. The van der Waals surface area contributed by atoms with Crippen LogP contribution in [-0.4, -0.2) is 41.4 Å². The quantitative estimate of drug-likeness (QED) is 0.425. The predicted molar refractivity (Wildman–Crippen MR) is 82.1 cm³/mol. The first-order chi connectivity index (χ1) is 11.4. The molecule has 1 aromatic carbocycles. The van der Waals surface area contributed by atoms with Gasteiger partial charge in [-0.3, -0.25) is 24.5 Å². The van der Waals surface area contributed by atoms with E-state index in [1.54, 1.807) is 0 Å². The van der Waals surface area contributed by atoms with Crippen molar-refractivity contribution < 1.29 is 24.0 Å². The van der Waals surface area contributed by atoms with Crippen LogP contribution in [0.4, 0.5) is 5.69 Å². The monoisotopic (exact) mass is 335 g/mol. The Balaban J connectivity index is 1.80. The standard InChI is InChI=1S/C15H17N3O6/c1-9(14(20)17-11-5-6-11)24-13(19)8-16-15(21)10-3-2-4-12(7-10)18(22)23/h2-4,7,9,11H,5-6,8H2,1H3,(H,16,21)(H,17,20)/t9-/m0/s1. The van der Waals surface area contributed by atoms with Crippen LogP contribution in [0.25, 0.3) is 0 Å². The molecule has 1 fully saturated rings. The molecule has 0 radical (unpaired) electrons. The Hall–Kier alpha value is -2.97. The zero-order valence-electron chi connectivity index (χ0n) is 13.0. The van der Waals surface area contributed by atoms with E-state index >= 15 is 0 Å². The molecule has 9 heteroatoms. The first-order valence-corrected chi connectivity index (χ1v) is 7.39. The van der Waals surface area contributed by atoms with Crippen molar-refractivity contribution in [2.45, 2.75) is 31.9 Å². The minimum Gasteiger partial charge on any atom is -0.451 e. The Labute approximate surface area is 137 Å². The van der Waals surface area contributed by atoms with Crippen LogP contribution in [0.15, 0.2) is 24.3 Å². The second-order valence-electron chi connectivity index (χ2n) is 5.41. The minimum atomic E-state index is -0.951. The molecule has 24 heavy (non-hydrogen) atoms. The van der Waals surface area contributed by atoms with E-state index in [4.69, 9.17) is 4.74 Å². The van der Waals surface area contributed by atoms with Crippen molar-refractivity contribution in [2.24, 2.45) is 0 Å². The highest BCUT2D eigenvalue weighted by Crippen LogP contribution is 2.18. The van der Waals surface area contributed by atoms with Crippen molar-refractivity contribution in [2.75, 3.05) is 6.54 Å². The van der Waals surface area contributed by atoms with Crippen LogP contribution in [0.2, 0.25) is 0 Å². The number of benzene rings is 1. The van der Waals surface area contributed by atoms with Crippen LogP contribution in [0.3, 0.4) is 0 Å². The second-order valence-corrected chi connectivity index (χ2v) is 5.41. The Kier molecular flexibility index (Phi) is 5.46. The lowest BCUT2D eigenvalue weighted by Crippen LogP contribution is -2.39. The third kappa shape index (κ3) is 5.04. The van der Waals surface area contributed by atoms with E-state index in [0.717, 1.165) is 18.9 Å². The third-order valence-electron chi connectivity index (χ3n) is 3.31. The van der Waals surface area contributed by atoms with Crippen LogP contribution < -0.4 is 10.6 Å². The average molecular weight is 335 g/mol. The van der Waals surface area contributed by atoms with Gasteiger partial charge in [0.05, 0.1) is 4.92 Å². The lowest BCUT2D eigenvalue weighted by atomic mass is 10.2. The van der Waals surface area contributed by atoms with Gasteiger partial charge in [-0.15, -0.1) is 0 Å². The van der Waals surface area contributed by atoms with E-state index < -0.39 is 29.4 Å². The van der Waals surface area contributed by atoms with Crippen LogP contribution in [0, 0.1) is 10.1 Å². The van der Waals surface area contributed by atoms with E-state index in [-0.39, 0.29) is 23.2 Å². The summed E-state index contributed by atoms with van der Waals surface area (Å²) in [5.74, 6) is -1.80. The summed E-state index contributed by atoms with van der Waals surface area (Å²) in [5.41, 5.74) is -0.174. The van der Waals surface area contributed by atoms with Crippen LogP contribution in [-0.2, 0) is 14.3 Å². The first kappa shape index (κ1) is 17.4. The number of ether oxygens (including phenoxy) is 1. The van der Waals surface area contributed by atoms with Gasteiger partial charge in [0, 0.05) is 23.7 Å². The number of nitrogens with zero attached hydrogens (tertiary/aromatic N) is 1. The number of amides is 2. The van der Waals surface area contributed by atoms with Crippen LogP contribution in [0.5, 0.6) is 0 Å². The van der Waals surface area contributed by atoms with Gasteiger partial charge < -0.3 is 15.4 Å². The molecule has 1 saturated carbocycles. The number of non-ortho nitro benzene ring substituents is 1. The molecule has 2 amide bonds. The van der Waals surface area contributed by atoms with Gasteiger partial charge in [0.25, 0.3) is 17.5 Å². The first-order valence-electron chi connectivity index (χ1n) is 7.39. The van der Waals surface area contributed by atoms with Gasteiger partial charge in [0.2, 0.25) is 0 Å². The molecular formula is C15H17N3O6. The molecule has 0 aromatic heterocycles. The number of hydrogen-bond donors (Lipinski definition) is 2. The highest BCUT2D eigenvalue weighted by atomic mass is 16.6. The molecule has 2 N–H and O–H groups in total. The predicted octanol–water partition coefficient (Wildman–Crippen LogP) is 0.535. The molecule has 1 aromatic rings. The maximum atomic E-state index is 11.9. The fourth-order valence-corrected chi connectivity index (χ4v) is 1.85. The number of nitro groups is 1. The van der Waals surface area contributed by atoms with Gasteiger partial charge in [-0.1, -0.05) is 6.07 Å². The van der Waals surface area contributed by atoms with Gasteiger partial charge in [-0.25, -0.2) is 0 Å². The maximum Gasteiger partial charge on any atom is 0.326 e. The molecule has 1 aliphatic carbocycles. The molecule has 0 saturated heterocycles. The summed E-state index contributed by atoms with van der Waals surface area (Å²) >= 11 is 0. The van der Waals surface area contributed by atoms with Gasteiger partial charge in [0.15, 0.2) is 6.10 Å². The summed E-state index contributed by atoms with van der Waals surface area (Å²) in [7, 11) is 0. The molecule has 2 rings (SSSR count). The normalized spacial score (nSPS) is 14.4. The SMILES string of the molecule is C[C@H](OC(=O)CNC(=O)c1cccc([N+](=O)[O-])c1)C(=O)NC1CC1. The van der Waals surface area contributed by atoms with E-state index in [1.807, 2.05) is 0 Å². The van der Waals surface area contributed by atoms with Crippen LogP contribution in [0.1, 0.15) is 30.1 Å². The molecule has 1 aliphatic rings. The molecule has 0 bridgehead atoms. The molecule has 0 heterocycles. The fraction of sp³-hybridized carbons (Fsp3) is 0.400. The second kappa shape index (κ2) is 7.53. The molecule has 0 spiro atoms. The summed E-state index contributed by atoms with van der Waals surface area (Å²) < 4.78 is 4.92. The van der Waals surface area contributed by atoms with Crippen LogP contribution >= 0.6 is 0 Å². The van der Waals surface area contributed by atoms with Crippen molar-refractivity contribution in [3.63, 3.8) is 0 Å². The maximum absolute atomic E-state index is 11.9. The number of rotatable bonds is 7. The topological polar surface area (TPSA) is 128 Å². The van der Waals surface area contributed by atoms with Gasteiger partial charge in [-0.2, -0.15) is 0 Å². The van der Waals surface area contributed by atoms with E-state index in [0.29, 0.717) is 0 Å². The molecule has 9 nitrogen and oxygen atoms in total. The smallest absolute Gasteiger partial charge is 0.326 e. The van der Waals surface area contributed by atoms with E-state index in [1.165, 1.54) is 25.1 Å². The van der Waals surface area contributed by atoms with E-state index in [9.17, 15) is 24.5 Å². The summed E-state index contributed by atoms with van der Waals surface area (Å²) in [6, 6.07) is 5.28. The van der Waals surface area contributed by atoms with Crippen molar-refractivity contribution in [1.82, 2.24) is 10.6 Å². The van der Waals surface area contributed by atoms with Crippen molar-refractivity contribution in [3.05, 3.63) is 39.9 Å². The number of esters is 1. The third-order valence-corrected chi connectivity index (χ3v) is 3.31. The summed E-state index contributed by atoms with van der Waals surface area (Å²) in [6.07, 6.45) is 0.893. The highest BCUT2D eigenvalue weighted by Gasteiger charge is 2.27. The number of nitrogens with one attached hydrogen (secondary N) is 2. The number of carbonyl (C=O) groups is 3. The largest absolute Gasteiger partial charge is 0.451 e. The Morgan fingerprint density at radius 1 is 1.38 bits per heavy atom. The number of carbonyl (C=O) groups excluding carboxylic acids is 3. The highest BCUT2D eigenvalue weighted by molar-refractivity contribution is 5.96. The fourth-order valence-electron chi connectivity index (χ4n) is 1.85. The molecule has 0 unspecified atom stereocenters. The van der Waals surface area contributed by atoms with Crippen molar-refractivity contribution in [3.8, 4) is 0 Å². The minimum absolute atomic E-state index is 0.0523. The van der Waals surface area contributed by atoms with Gasteiger partial charge in [0.1, 0.15) is 6.54 Å². The molecule has 128 valence electrons. The Morgan fingerprint density at radius 2 is 2.08 bits per heavy atom. The molecular weight excluding hydrogens is 318 g/mol. The molecule has 1 atom stereocenters. The lowest BCUT2D eigenvalue weighted by Gasteiger charge is -2.13. The zero-order valence-corrected chi connectivity index (χ0v) is 13.0.